The Kier molecular flexibility index (Phi) is 6.98. The maximum Gasteiger partial charge on any atom is 0.241 e. The molecule has 3 rings (SSSR count). The second-order valence-electron chi connectivity index (χ2n) is 8.58. The molecule has 9 heteroatoms. The monoisotopic (exact) mass is 509 g/mol. The summed E-state index contributed by atoms with van der Waals surface area (Å²) in [5, 5.41) is 1.85. The van der Waals surface area contributed by atoms with E-state index in [0.717, 1.165) is 15.8 Å². The van der Waals surface area contributed by atoms with E-state index >= 15 is 0 Å². The van der Waals surface area contributed by atoms with E-state index in [1.165, 1.54) is 0 Å². The molecule has 0 aliphatic carbocycles. The Morgan fingerprint density at radius 3 is 2.48 bits per heavy atom. The highest BCUT2D eigenvalue weighted by atomic mass is 79.9. The van der Waals surface area contributed by atoms with Crippen LogP contribution in [-0.4, -0.2) is 32.5 Å². The van der Waals surface area contributed by atoms with Crippen LogP contribution in [0.25, 0.3) is 0 Å². The molecule has 0 radical (unpaired) electrons. The molecule has 2 unspecified atom stereocenters. The van der Waals surface area contributed by atoms with Gasteiger partial charge in [-0.15, -0.1) is 0 Å². The van der Waals surface area contributed by atoms with Gasteiger partial charge < -0.3 is 15.8 Å². The van der Waals surface area contributed by atoms with Crippen LogP contribution in [0.15, 0.2) is 46.9 Å². The zero-order valence-corrected chi connectivity index (χ0v) is 20.2. The number of amides is 1. The Morgan fingerprint density at radius 2 is 1.87 bits per heavy atom. The van der Waals surface area contributed by atoms with Gasteiger partial charge >= 0.3 is 0 Å². The number of nitrogens with one attached hydrogen (secondary N) is 2. The van der Waals surface area contributed by atoms with Crippen molar-refractivity contribution >= 4 is 37.5 Å². The molecule has 0 saturated heterocycles. The van der Waals surface area contributed by atoms with Crippen molar-refractivity contribution in [2.24, 2.45) is 5.73 Å². The SMILES string of the molecule is CC(C)(C)Oc1ccc(CCCNS(=O)(=O)C2c3cc(Br)ccc3NC2C(N)=O)cc1. The van der Waals surface area contributed by atoms with Crippen molar-refractivity contribution in [3.05, 3.63) is 58.1 Å². The fourth-order valence-electron chi connectivity index (χ4n) is 3.56. The van der Waals surface area contributed by atoms with Crippen LogP contribution in [0.3, 0.4) is 0 Å². The van der Waals surface area contributed by atoms with Crippen LogP contribution in [0.2, 0.25) is 0 Å². The lowest BCUT2D eigenvalue weighted by Gasteiger charge is -2.21. The average Bonchev–Trinajstić information content (AvgIpc) is 3.05. The minimum absolute atomic E-state index is 0.258. The minimum Gasteiger partial charge on any atom is -0.488 e. The number of ether oxygens (including phenoxy) is 1. The fraction of sp³-hybridized carbons (Fsp3) is 0.409. The van der Waals surface area contributed by atoms with Crippen LogP contribution >= 0.6 is 15.9 Å². The predicted octanol–water partition coefficient (Wildman–Crippen LogP) is 3.50. The quantitative estimate of drug-likeness (QED) is 0.471. The molecule has 1 aliphatic heterocycles. The van der Waals surface area contributed by atoms with Crippen LogP contribution in [0, 0.1) is 0 Å². The van der Waals surface area contributed by atoms with E-state index in [-0.39, 0.29) is 12.1 Å². The van der Waals surface area contributed by atoms with Crippen molar-refractivity contribution < 1.29 is 17.9 Å². The number of rotatable bonds is 8. The number of halogens is 1. The fourth-order valence-corrected chi connectivity index (χ4v) is 5.64. The number of hydrogen-bond donors (Lipinski definition) is 3. The van der Waals surface area contributed by atoms with Gasteiger partial charge in [0.05, 0.1) is 0 Å². The standard InChI is InChI=1S/C22H28BrN3O4S/c1-22(2,3)30-16-9-6-14(7-10-16)5-4-12-25-31(28,29)20-17-13-15(23)8-11-18(17)26-19(20)21(24)27/h6-11,13,19-20,25-26H,4-5,12H2,1-3H3,(H2,24,27). The van der Waals surface area contributed by atoms with Crippen molar-refractivity contribution in [1.82, 2.24) is 4.72 Å². The van der Waals surface area contributed by atoms with Gasteiger partial charge in [-0.05, 0) is 75.1 Å². The third kappa shape index (κ3) is 5.99. The van der Waals surface area contributed by atoms with Crippen molar-refractivity contribution in [2.75, 3.05) is 11.9 Å². The number of sulfonamides is 1. The maximum atomic E-state index is 13.0. The van der Waals surface area contributed by atoms with E-state index in [1.807, 2.05) is 45.0 Å². The molecule has 2 aromatic rings. The van der Waals surface area contributed by atoms with Crippen LogP contribution in [0.5, 0.6) is 5.75 Å². The molecular weight excluding hydrogens is 482 g/mol. The number of primary amides is 1. The first-order chi connectivity index (χ1) is 14.5. The third-order valence-electron chi connectivity index (χ3n) is 4.87. The number of benzene rings is 2. The maximum absolute atomic E-state index is 13.0. The molecule has 4 N–H and O–H groups in total. The molecule has 168 valence electrons. The molecule has 0 spiro atoms. The zero-order valence-electron chi connectivity index (χ0n) is 17.8. The Hall–Kier alpha value is -2.10. The second kappa shape index (κ2) is 9.18. The van der Waals surface area contributed by atoms with Crippen LogP contribution in [0.1, 0.15) is 43.6 Å². The molecule has 0 aromatic heterocycles. The topological polar surface area (TPSA) is 111 Å². The molecule has 0 saturated carbocycles. The van der Waals surface area contributed by atoms with Crippen LogP contribution in [0.4, 0.5) is 5.69 Å². The molecule has 0 bridgehead atoms. The molecule has 31 heavy (non-hydrogen) atoms. The zero-order chi connectivity index (χ0) is 22.8. The summed E-state index contributed by atoms with van der Waals surface area (Å²) < 4.78 is 35.2. The van der Waals surface area contributed by atoms with Crippen molar-refractivity contribution in [3.63, 3.8) is 0 Å². The molecule has 7 nitrogen and oxygen atoms in total. The number of carbonyl (C=O) groups is 1. The highest BCUT2D eigenvalue weighted by Crippen LogP contribution is 2.40. The van der Waals surface area contributed by atoms with Gasteiger partial charge in [0.2, 0.25) is 15.9 Å². The molecule has 0 fully saturated rings. The molecule has 2 atom stereocenters. The highest BCUT2D eigenvalue weighted by Gasteiger charge is 2.44. The molecular formula is C22H28BrN3O4S. The van der Waals surface area contributed by atoms with E-state index in [2.05, 4.69) is 26.0 Å². The van der Waals surface area contributed by atoms with E-state index in [4.69, 9.17) is 10.5 Å². The number of anilines is 1. The summed E-state index contributed by atoms with van der Waals surface area (Å²) in [4.78, 5) is 11.9. The lowest BCUT2D eigenvalue weighted by atomic mass is 10.1. The van der Waals surface area contributed by atoms with E-state index in [0.29, 0.717) is 24.1 Å². The third-order valence-corrected chi connectivity index (χ3v) is 7.16. The van der Waals surface area contributed by atoms with Crippen molar-refractivity contribution in [2.45, 2.75) is 50.5 Å². The van der Waals surface area contributed by atoms with Crippen molar-refractivity contribution in [3.8, 4) is 5.75 Å². The Morgan fingerprint density at radius 1 is 1.19 bits per heavy atom. The average molecular weight is 510 g/mol. The molecule has 1 heterocycles. The second-order valence-corrected chi connectivity index (χ2v) is 11.4. The Bertz CT molecular complexity index is 1050. The summed E-state index contributed by atoms with van der Waals surface area (Å²) in [5.41, 5.74) is 7.42. The van der Waals surface area contributed by atoms with E-state index in [9.17, 15) is 13.2 Å². The smallest absolute Gasteiger partial charge is 0.241 e. The normalized spacial score (nSPS) is 18.3. The van der Waals surface area contributed by atoms with Crippen molar-refractivity contribution in [1.29, 1.82) is 0 Å². The summed E-state index contributed by atoms with van der Waals surface area (Å²) in [6, 6.07) is 12.0. The number of aryl methyl sites for hydroxylation is 1. The van der Waals surface area contributed by atoms with Gasteiger partial charge in [0, 0.05) is 16.7 Å². The lowest BCUT2D eigenvalue weighted by molar-refractivity contribution is -0.118. The minimum atomic E-state index is -3.82. The summed E-state index contributed by atoms with van der Waals surface area (Å²) in [6.07, 6.45) is 1.33. The number of nitrogens with two attached hydrogens (primary N) is 1. The van der Waals surface area contributed by atoms with E-state index < -0.39 is 27.2 Å². The summed E-state index contributed by atoms with van der Waals surface area (Å²) in [6.45, 7) is 6.24. The summed E-state index contributed by atoms with van der Waals surface area (Å²) in [5.74, 6) is 0.0910. The highest BCUT2D eigenvalue weighted by molar-refractivity contribution is 9.10. The number of hydrogen-bond acceptors (Lipinski definition) is 5. The molecule has 1 aliphatic rings. The van der Waals surface area contributed by atoms with Gasteiger partial charge in [-0.1, -0.05) is 28.1 Å². The first-order valence-electron chi connectivity index (χ1n) is 10.1. The largest absolute Gasteiger partial charge is 0.488 e. The Labute approximate surface area is 191 Å². The van der Waals surface area contributed by atoms with Gasteiger partial charge in [0.25, 0.3) is 0 Å². The first kappa shape index (κ1) is 23.6. The lowest BCUT2D eigenvalue weighted by Crippen LogP contribution is -2.43. The summed E-state index contributed by atoms with van der Waals surface area (Å²) in [7, 11) is -3.82. The van der Waals surface area contributed by atoms with Gasteiger partial charge in [-0.3, -0.25) is 4.79 Å². The van der Waals surface area contributed by atoms with Gasteiger partial charge in [0.15, 0.2) is 0 Å². The van der Waals surface area contributed by atoms with Crippen LogP contribution < -0.4 is 20.5 Å². The van der Waals surface area contributed by atoms with Gasteiger partial charge in [-0.2, -0.15) is 0 Å². The van der Waals surface area contributed by atoms with Crippen LogP contribution in [-0.2, 0) is 21.2 Å². The predicted molar refractivity (Wildman–Crippen MR) is 126 cm³/mol. The Balaban J connectivity index is 1.61. The first-order valence-corrected chi connectivity index (χ1v) is 12.4. The molecule has 2 aromatic carbocycles. The van der Waals surface area contributed by atoms with Gasteiger partial charge in [-0.25, -0.2) is 13.1 Å². The van der Waals surface area contributed by atoms with Gasteiger partial charge in [0.1, 0.15) is 22.6 Å². The number of fused-ring (bicyclic) bond motifs is 1. The summed E-state index contributed by atoms with van der Waals surface area (Å²) >= 11 is 3.36. The number of carbonyl (C=O) groups excluding carboxylic acids is 1. The molecule has 1 amide bonds. The van der Waals surface area contributed by atoms with E-state index in [1.54, 1.807) is 18.2 Å².